The number of fused-ring (bicyclic) bond motifs is 1. The number of terminal acetylenes is 1. The molecule has 0 aliphatic heterocycles. The molecule has 0 saturated heterocycles. The van der Waals surface area contributed by atoms with Gasteiger partial charge in [-0.05, 0) is 24.0 Å². The molecule has 1 aliphatic rings. The third kappa shape index (κ3) is 2.25. The van der Waals surface area contributed by atoms with Crippen molar-refractivity contribution in [1.82, 2.24) is 0 Å². The van der Waals surface area contributed by atoms with Crippen LogP contribution in [-0.4, -0.2) is 11.4 Å². The second-order valence-electron chi connectivity index (χ2n) is 3.69. The molecule has 1 nitrogen and oxygen atoms in total. The van der Waals surface area contributed by atoms with Crippen molar-refractivity contribution in [2.45, 2.75) is 23.8 Å². The summed E-state index contributed by atoms with van der Waals surface area (Å²) < 4.78 is 5.69. The Kier molecular flexibility index (Phi) is 3.45. The largest absolute Gasteiger partial charge is 0.360 e. The number of ether oxygens (including phenoxy) is 1. The lowest BCUT2D eigenvalue weighted by molar-refractivity contribution is 0.0708. The first kappa shape index (κ1) is 10.7. The molecule has 0 fully saturated rings. The number of hydrogen-bond acceptors (Lipinski definition) is 1. The Morgan fingerprint density at radius 3 is 3.07 bits per heavy atom. The molecule has 2 unspecified atom stereocenters. The van der Waals surface area contributed by atoms with Gasteiger partial charge in [0.1, 0.15) is 6.61 Å². The molecule has 0 amide bonds. The van der Waals surface area contributed by atoms with Gasteiger partial charge in [0.2, 0.25) is 0 Å². The highest BCUT2D eigenvalue weighted by atomic mass is 79.9. The second-order valence-corrected chi connectivity index (χ2v) is 4.87. The molecule has 1 aromatic carbocycles. The van der Waals surface area contributed by atoms with E-state index in [1.807, 2.05) is 0 Å². The van der Waals surface area contributed by atoms with Crippen LogP contribution in [0.1, 0.15) is 23.7 Å². The summed E-state index contributed by atoms with van der Waals surface area (Å²) in [5, 5.41) is 0. The van der Waals surface area contributed by atoms with Crippen LogP contribution in [0.4, 0.5) is 0 Å². The van der Waals surface area contributed by atoms with Gasteiger partial charge in [-0.3, -0.25) is 0 Å². The summed E-state index contributed by atoms with van der Waals surface area (Å²) in [5.41, 5.74) is 2.66. The highest BCUT2D eigenvalue weighted by Crippen LogP contribution is 2.36. The highest BCUT2D eigenvalue weighted by Gasteiger charge is 2.27. The van der Waals surface area contributed by atoms with E-state index in [1.165, 1.54) is 11.1 Å². The predicted molar refractivity (Wildman–Crippen MR) is 65.0 cm³/mol. The van der Waals surface area contributed by atoms with E-state index in [4.69, 9.17) is 11.2 Å². The molecule has 2 atom stereocenters. The fourth-order valence-electron chi connectivity index (χ4n) is 2.01. The van der Waals surface area contributed by atoms with Crippen LogP contribution in [0.3, 0.4) is 0 Å². The van der Waals surface area contributed by atoms with Gasteiger partial charge in [0, 0.05) is 4.83 Å². The van der Waals surface area contributed by atoms with Crippen molar-refractivity contribution in [2.75, 3.05) is 6.61 Å². The van der Waals surface area contributed by atoms with Crippen molar-refractivity contribution in [3.63, 3.8) is 0 Å². The molecule has 0 spiro atoms. The standard InChI is InChI=1S/C13H13BrO/c1-2-9-15-13-11-6-4-3-5-10(11)7-8-12(13)14/h1,3-6,12-13H,7-9H2. The third-order valence-electron chi connectivity index (χ3n) is 2.73. The normalized spacial score (nSPS) is 24.3. The SMILES string of the molecule is C#CCOC1c2ccccc2CCC1Br. The minimum atomic E-state index is 0.103. The van der Waals surface area contributed by atoms with Gasteiger partial charge in [0.05, 0.1) is 6.10 Å². The van der Waals surface area contributed by atoms with Gasteiger partial charge in [-0.15, -0.1) is 6.42 Å². The zero-order chi connectivity index (χ0) is 10.7. The van der Waals surface area contributed by atoms with Crippen LogP contribution in [0.25, 0.3) is 0 Å². The average Bonchev–Trinajstić information content (AvgIpc) is 2.28. The van der Waals surface area contributed by atoms with Crippen LogP contribution in [0, 0.1) is 12.3 Å². The first-order valence-corrected chi connectivity index (χ1v) is 6.01. The van der Waals surface area contributed by atoms with Gasteiger partial charge in [-0.25, -0.2) is 0 Å². The van der Waals surface area contributed by atoms with E-state index < -0.39 is 0 Å². The van der Waals surface area contributed by atoms with Gasteiger partial charge in [-0.2, -0.15) is 0 Å². The van der Waals surface area contributed by atoms with Crippen molar-refractivity contribution in [3.05, 3.63) is 35.4 Å². The van der Waals surface area contributed by atoms with Crippen LogP contribution in [0.2, 0.25) is 0 Å². The summed E-state index contributed by atoms with van der Waals surface area (Å²) in [7, 11) is 0. The van der Waals surface area contributed by atoms with Gasteiger partial charge < -0.3 is 4.74 Å². The monoisotopic (exact) mass is 264 g/mol. The number of benzene rings is 1. The Morgan fingerprint density at radius 1 is 1.47 bits per heavy atom. The molecule has 0 bridgehead atoms. The molecular weight excluding hydrogens is 252 g/mol. The van der Waals surface area contributed by atoms with Crippen LogP contribution < -0.4 is 0 Å². The van der Waals surface area contributed by atoms with Crippen molar-refractivity contribution < 1.29 is 4.74 Å². The molecular formula is C13H13BrO. The quantitative estimate of drug-likeness (QED) is 0.589. The van der Waals surface area contributed by atoms with Crippen LogP contribution in [0.5, 0.6) is 0 Å². The van der Waals surface area contributed by atoms with E-state index in [1.54, 1.807) is 0 Å². The zero-order valence-electron chi connectivity index (χ0n) is 8.45. The van der Waals surface area contributed by atoms with E-state index in [0.717, 1.165) is 12.8 Å². The molecule has 78 valence electrons. The second kappa shape index (κ2) is 4.83. The minimum Gasteiger partial charge on any atom is -0.360 e. The summed E-state index contributed by atoms with van der Waals surface area (Å²) in [4.78, 5) is 0.376. The fourth-order valence-corrected chi connectivity index (χ4v) is 2.68. The predicted octanol–water partition coefficient (Wildman–Crippen LogP) is 3.09. The summed E-state index contributed by atoms with van der Waals surface area (Å²) in [6.07, 6.45) is 7.54. The third-order valence-corrected chi connectivity index (χ3v) is 3.66. The maximum atomic E-state index is 5.69. The fraction of sp³-hybridized carbons (Fsp3) is 0.385. The molecule has 2 rings (SSSR count). The Bertz CT molecular complexity index is 380. The number of rotatable bonds is 2. The Hall–Kier alpha value is -0.780. The summed E-state index contributed by atoms with van der Waals surface area (Å²) >= 11 is 3.66. The maximum Gasteiger partial charge on any atom is 0.108 e. The van der Waals surface area contributed by atoms with Gasteiger partial charge >= 0.3 is 0 Å². The molecule has 0 radical (unpaired) electrons. The molecule has 0 N–H and O–H groups in total. The van der Waals surface area contributed by atoms with Crippen LogP contribution >= 0.6 is 15.9 Å². The van der Waals surface area contributed by atoms with Crippen molar-refractivity contribution in [1.29, 1.82) is 0 Å². The number of alkyl halides is 1. The molecule has 0 aromatic heterocycles. The summed E-state index contributed by atoms with van der Waals surface area (Å²) in [6, 6.07) is 8.42. The summed E-state index contributed by atoms with van der Waals surface area (Å²) in [6.45, 7) is 0.376. The van der Waals surface area contributed by atoms with Gasteiger partial charge in [0.25, 0.3) is 0 Å². The van der Waals surface area contributed by atoms with E-state index in [9.17, 15) is 0 Å². The topological polar surface area (TPSA) is 9.23 Å². The summed E-state index contributed by atoms with van der Waals surface area (Å²) in [5.74, 6) is 2.52. The van der Waals surface area contributed by atoms with E-state index in [2.05, 4.69) is 46.1 Å². The lowest BCUT2D eigenvalue weighted by Gasteiger charge is -2.29. The van der Waals surface area contributed by atoms with Gasteiger partial charge in [-0.1, -0.05) is 46.1 Å². The van der Waals surface area contributed by atoms with Crippen molar-refractivity contribution in [2.24, 2.45) is 0 Å². The molecule has 15 heavy (non-hydrogen) atoms. The Morgan fingerprint density at radius 2 is 2.27 bits per heavy atom. The van der Waals surface area contributed by atoms with Gasteiger partial charge in [0.15, 0.2) is 0 Å². The number of hydrogen-bond donors (Lipinski definition) is 0. The molecule has 2 heteroatoms. The molecule has 0 heterocycles. The van der Waals surface area contributed by atoms with E-state index >= 15 is 0 Å². The molecule has 0 saturated carbocycles. The lowest BCUT2D eigenvalue weighted by Crippen LogP contribution is -2.23. The average molecular weight is 265 g/mol. The number of halogens is 1. The zero-order valence-corrected chi connectivity index (χ0v) is 10.0. The molecule has 1 aromatic rings. The maximum absolute atomic E-state index is 5.69. The van der Waals surface area contributed by atoms with E-state index in [-0.39, 0.29) is 6.10 Å². The van der Waals surface area contributed by atoms with Crippen molar-refractivity contribution >= 4 is 15.9 Å². The van der Waals surface area contributed by atoms with Crippen molar-refractivity contribution in [3.8, 4) is 12.3 Å². The van der Waals surface area contributed by atoms with Crippen LogP contribution in [-0.2, 0) is 11.2 Å². The first-order valence-electron chi connectivity index (χ1n) is 5.10. The van der Waals surface area contributed by atoms with E-state index in [0.29, 0.717) is 11.4 Å². The van der Waals surface area contributed by atoms with Crippen LogP contribution in [0.15, 0.2) is 24.3 Å². The Balaban J connectivity index is 2.25. The number of aryl methyl sites for hydroxylation is 1. The minimum absolute atomic E-state index is 0.103. The Labute approximate surface area is 99.0 Å². The lowest BCUT2D eigenvalue weighted by atomic mass is 9.89. The first-order chi connectivity index (χ1) is 7.33. The molecule has 1 aliphatic carbocycles. The smallest absolute Gasteiger partial charge is 0.108 e. The highest BCUT2D eigenvalue weighted by molar-refractivity contribution is 9.09.